The molecule has 8 heteroatoms. The fraction of sp³-hybridized carbons (Fsp3) is 0.500. The molecular formula is C20H25N3O5. The summed E-state index contributed by atoms with van der Waals surface area (Å²) in [4.78, 5) is 51.5. The first-order valence-electron chi connectivity index (χ1n) is 9.64. The molecule has 1 aromatic heterocycles. The molecule has 0 spiro atoms. The van der Waals surface area contributed by atoms with Crippen molar-refractivity contribution in [1.29, 1.82) is 0 Å². The zero-order chi connectivity index (χ0) is 20.3. The van der Waals surface area contributed by atoms with Crippen LogP contribution in [-0.2, 0) is 27.4 Å². The number of likely N-dealkylation sites (tertiary alicyclic amines) is 1. The Balaban J connectivity index is 1.90. The summed E-state index contributed by atoms with van der Waals surface area (Å²) in [6.07, 6.45) is 1.38. The molecule has 0 bridgehead atoms. The number of aromatic nitrogens is 2. The van der Waals surface area contributed by atoms with Gasteiger partial charge in [0.05, 0.1) is 23.6 Å². The van der Waals surface area contributed by atoms with Crippen LogP contribution in [0.4, 0.5) is 0 Å². The van der Waals surface area contributed by atoms with Crippen LogP contribution in [-0.4, -0.2) is 45.6 Å². The number of benzene rings is 1. The summed E-state index contributed by atoms with van der Waals surface area (Å²) in [7, 11) is 0. The van der Waals surface area contributed by atoms with E-state index in [1.807, 2.05) is 0 Å². The third kappa shape index (κ3) is 3.72. The third-order valence-corrected chi connectivity index (χ3v) is 5.14. The van der Waals surface area contributed by atoms with Gasteiger partial charge in [-0.25, -0.2) is 0 Å². The molecule has 0 saturated carbocycles. The van der Waals surface area contributed by atoms with Crippen LogP contribution in [0.3, 0.4) is 0 Å². The van der Waals surface area contributed by atoms with Crippen molar-refractivity contribution in [2.75, 3.05) is 19.7 Å². The zero-order valence-corrected chi connectivity index (χ0v) is 16.2. The maximum atomic E-state index is 12.9. The number of amides is 1. The predicted molar refractivity (Wildman–Crippen MR) is 104 cm³/mol. The maximum Gasteiger partial charge on any atom is 0.317 e. The summed E-state index contributed by atoms with van der Waals surface area (Å²) < 4.78 is 7.72. The lowest BCUT2D eigenvalue weighted by Gasteiger charge is -2.31. The molecule has 150 valence electrons. The first-order valence-corrected chi connectivity index (χ1v) is 9.64. The molecular weight excluding hydrogens is 362 g/mol. The van der Waals surface area contributed by atoms with Gasteiger partial charge in [0.1, 0.15) is 6.54 Å². The molecule has 1 atom stereocenters. The Morgan fingerprint density at radius 1 is 1.07 bits per heavy atom. The van der Waals surface area contributed by atoms with Gasteiger partial charge >= 0.3 is 17.1 Å². The van der Waals surface area contributed by atoms with Crippen LogP contribution >= 0.6 is 0 Å². The van der Waals surface area contributed by atoms with Gasteiger partial charge in [0.15, 0.2) is 0 Å². The van der Waals surface area contributed by atoms with E-state index in [1.165, 1.54) is 9.13 Å². The SMILES string of the molecule is CCOC(=O)[C@@H]1CCCN(C(=O)Cn2c(=O)c(=O)n(CC)c3ccccc32)C1. The number of fused-ring (bicyclic) bond motifs is 1. The number of carbonyl (C=O) groups is 2. The number of nitrogens with zero attached hydrogens (tertiary/aromatic N) is 3. The summed E-state index contributed by atoms with van der Waals surface area (Å²) in [5.74, 6) is -0.928. The Bertz CT molecular complexity index is 1010. The second-order valence-corrected chi connectivity index (χ2v) is 6.86. The molecule has 0 N–H and O–H groups in total. The second-order valence-electron chi connectivity index (χ2n) is 6.86. The minimum atomic E-state index is -0.715. The summed E-state index contributed by atoms with van der Waals surface area (Å²) in [5, 5.41) is 0. The first kappa shape index (κ1) is 19.9. The maximum absolute atomic E-state index is 12.9. The van der Waals surface area contributed by atoms with Crippen molar-refractivity contribution in [3.8, 4) is 0 Å². The lowest BCUT2D eigenvalue weighted by Crippen LogP contribution is -2.47. The van der Waals surface area contributed by atoms with Crippen LogP contribution in [0, 0.1) is 5.92 Å². The molecule has 1 amide bonds. The zero-order valence-electron chi connectivity index (χ0n) is 16.2. The van der Waals surface area contributed by atoms with Crippen LogP contribution in [0.15, 0.2) is 33.9 Å². The van der Waals surface area contributed by atoms with Gasteiger partial charge in [-0.3, -0.25) is 23.7 Å². The van der Waals surface area contributed by atoms with E-state index in [9.17, 15) is 19.2 Å². The van der Waals surface area contributed by atoms with Crippen molar-refractivity contribution in [1.82, 2.24) is 14.0 Å². The van der Waals surface area contributed by atoms with E-state index in [0.29, 0.717) is 43.6 Å². The number of esters is 1. The van der Waals surface area contributed by atoms with E-state index in [-0.39, 0.29) is 30.9 Å². The molecule has 0 aliphatic carbocycles. The minimum absolute atomic E-state index is 0.227. The summed E-state index contributed by atoms with van der Waals surface area (Å²) in [5.41, 5.74) is -0.198. The van der Waals surface area contributed by atoms with Crippen molar-refractivity contribution in [2.45, 2.75) is 39.8 Å². The Hall–Kier alpha value is -2.90. The van der Waals surface area contributed by atoms with Gasteiger partial charge in [-0.1, -0.05) is 12.1 Å². The summed E-state index contributed by atoms with van der Waals surface area (Å²) in [6.45, 7) is 4.79. The van der Waals surface area contributed by atoms with E-state index in [2.05, 4.69) is 0 Å². The number of ether oxygens (including phenoxy) is 1. The summed E-state index contributed by atoms with van der Waals surface area (Å²) >= 11 is 0. The topological polar surface area (TPSA) is 90.6 Å². The molecule has 1 aliphatic rings. The molecule has 1 aromatic carbocycles. The molecule has 0 radical (unpaired) electrons. The number of aryl methyl sites for hydroxylation is 1. The van der Waals surface area contributed by atoms with E-state index in [4.69, 9.17) is 4.74 Å². The van der Waals surface area contributed by atoms with Crippen LogP contribution in [0.25, 0.3) is 11.0 Å². The predicted octanol–water partition coefficient (Wildman–Crippen LogP) is 0.985. The van der Waals surface area contributed by atoms with Crippen LogP contribution in [0.5, 0.6) is 0 Å². The van der Waals surface area contributed by atoms with E-state index in [1.54, 1.807) is 43.0 Å². The van der Waals surface area contributed by atoms with Crippen LogP contribution in [0.1, 0.15) is 26.7 Å². The third-order valence-electron chi connectivity index (χ3n) is 5.14. The highest BCUT2D eigenvalue weighted by Crippen LogP contribution is 2.19. The Morgan fingerprint density at radius 2 is 1.71 bits per heavy atom. The van der Waals surface area contributed by atoms with Crippen molar-refractivity contribution < 1.29 is 14.3 Å². The van der Waals surface area contributed by atoms with Gasteiger partial charge in [0.25, 0.3) is 0 Å². The molecule has 8 nitrogen and oxygen atoms in total. The number of rotatable bonds is 5. The van der Waals surface area contributed by atoms with Crippen molar-refractivity contribution in [3.63, 3.8) is 0 Å². The number of hydrogen-bond donors (Lipinski definition) is 0. The Labute approximate surface area is 162 Å². The highest BCUT2D eigenvalue weighted by atomic mass is 16.5. The van der Waals surface area contributed by atoms with E-state index >= 15 is 0 Å². The van der Waals surface area contributed by atoms with Gasteiger partial charge in [0.2, 0.25) is 5.91 Å². The van der Waals surface area contributed by atoms with Crippen LogP contribution in [0.2, 0.25) is 0 Å². The molecule has 1 aliphatic heterocycles. The van der Waals surface area contributed by atoms with Crippen LogP contribution < -0.4 is 11.1 Å². The fourth-order valence-corrected chi connectivity index (χ4v) is 3.73. The Morgan fingerprint density at radius 3 is 2.36 bits per heavy atom. The van der Waals surface area contributed by atoms with Gasteiger partial charge in [0, 0.05) is 19.6 Å². The smallest absolute Gasteiger partial charge is 0.317 e. The van der Waals surface area contributed by atoms with Crippen molar-refractivity contribution in [3.05, 3.63) is 45.0 Å². The number of piperidine rings is 1. The number of carbonyl (C=O) groups excluding carboxylic acids is 2. The van der Waals surface area contributed by atoms with Gasteiger partial charge in [-0.15, -0.1) is 0 Å². The molecule has 2 heterocycles. The van der Waals surface area contributed by atoms with Gasteiger partial charge in [-0.2, -0.15) is 0 Å². The molecule has 28 heavy (non-hydrogen) atoms. The largest absolute Gasteiger partial charge is 0.466 e. The monoisotopic (exact) mass is 387 g/mol. The van der Waals surface area contributed by atoms with Crippen molar-refractivity contribution >= 4 is 22.9 Å². The average molecular weight is 387 g/mol. The minimum Gasteiger partial charge on any atom is -0.466 e. The highest BCUT2D eigenvalue weighted by Gasteiger charge is 2.29. The lowest BCUT2D eigenvalue weighted by molar-refractivity contribution is -0.151. The van der Waals surface area contributed by atoms with Gasteiger partial charge in [-0.05, 0) is 38.8 Å². The standard InChI is InChI=1S/C20H25N3O5/c1-3-22-15-9-5-6-10-16(15)23(19(26)18(22)25)13-17(24)21-11-7-8-14(12-21)20(27)28-4-2/h5-6,9-10,14H,3-4,7-8,11-13H2,1-2H3/t14-/m1/s1. The Kier molecular flexibility index (Phi) is 5.96. The molecule has 1 fully saturated rings. The quantitative estimate of drug-likeness (QED) is 0.564. The number of hydrogen-bond acceptors (Lipinski definition) is 5. The molecule has 2 aromatic rings. The molecule has 0 unspecified atom stereocenters. The highest BCUT2D eigenvalue weighted by molar-refractivity contribution is 5.81. The lowest BCUT2D eigenvalue weighted by atomic mass is 9.98. The normalized spacial score (nSPS) is 16.9. The van der Waals surface area contributed by atoms with Crippen molar-refractivity contribution in [2.24, 2.45) is 5.92 Å². The molecule has 3 rings (SSSR count). The summed E-state index contributed by atoms with van der Waals surface area (Å²) in [6, 6.07) is 7.05. The first-order chi connectivity index (χ1) is 13.5. The fourth-order valence-electron chi connectivity index (χ4n) is 3.73. The second kappa shape index (κ2) is 8.41. The van der Waals surface area contributed by atoms with E-state index < -0.39 is 11.1 Å². The molecule has 1 saturated heterocycles. The number of para-hydroxylation sites is 2. The van der Waals surface area contributed by atoms with Gasteiger partial charge < -0.3 is 14.2 Å². The average Bonchev–Trinajstić information content (AvgIpc) is 2.72. The van der Waals surface area contributed by atoms with E-state index in [0.717, 1.165) is 0 Å².